The van der Waals surface area contributed by atoms with Gasteiger partial charge >= 0.3 is 0 Å². The van der Waals surface area contributed by atoms with Crippen LogP contribution < -0.4 is 5.32 Å². The van der Waals surface area contributed by atoms with E-state index in [4.69, 9.17) is 0 Å². The van der Waals surface area contributed by atoms with Gasteiger partial charge in [-0.05, 0) is 36.5 Å². The molecule has 2 aromatic rings. The van der Waals surface area contributed by atoms with Crippen molar-refractivity contribution in [3.63, 3.8) is 0 Å². The molecule has 0 bridgehead atoms. The Morgan fingerprint density at radius 1 is 1.18 bits per heavy atom. The molecule has 0 saturated heterocycles. The van der Waals surface area contributed by atoms with Crippen molar-refractivity contribution in [2.24, 2.45) is 0 Å². The number of benzene rings is 1. The summed E-state index contributed by atoms with van der Waals surface area (Å²) in [4.78, 5) is 17.3. The number of nitrogens with one attached hydrogen (secondary N) is 1. The van der Waals surface area contributed by atoms with Gasteiger partial charge in [-0.2, -0.15) is 0 Å². The van der Waals surface area contributed by atoms with Crippen LogP contribution in [0.15, 0.2) is 30.3 Å². The minimum atomic E-state index is -0.159. The fourth-order valence-electron chi connectivity index (χ4n) is 1.94. The van der Waals surface area contributed by atoms with Gasteiger partial charge in [0.05, 0.1) is 5.69 Å². The lowest BCUT2D eigenvalue weighted by molar-refractivity contribution is -0.111. The van der Waals surface area contributed by atoms with Gasteiger partial charge in [0, 0.05) is 11.0 Å². The average molecular weight is 314 g/mol. The molecule has 1 heterocycles. The highest BCUT2D eigenvalue weighted by molar-refractivity contribution is 7.15. The number of amides is 1. The Bertz CT molecular complexity index is 671. The second-order valence-corrected chi connectivity index (χ2v) is 7.56. The van der Waals surface area contributed by atoms with Crippen LogP contribution in [0, 0.1) is 13.8 Å². The highest BCUT2D eigenvalue weighted by atomic mass is 32.1. The third-order valence-electron chi connectivity index (χ3n) is 3.46. The fraction of sp³-hybridized carbons (Fsp3) is 0.333. The van der Waals surface area contributed by atoms with Crippen molar-refractivity contribution in [1.29, 1.82) is 0 Å². The molecule has 0 radical (unpaired) electrons. The third kappa shape index (κ3) is 4.28. The first-order chi connectivity index (χ1) is 10.3. The molecule has 1 aromatic carbocycles. The van der Waals surface area contributed by atoms with Crippen LogP contribution in [0.4, 0.5) is 5.13 Å². The van der Waals surface area contributed by atoms with Gasteiger partial charge in [0.25, 0.3) is 0 Å². The van der Waals surface area contributed by atoms with Crippen molar-refractivity contribution in [2.45, 2.75) is 40.0 Å². The van der Waals surface area contributed by atoms with E-state index in [0.717, 1.165) is 16.1 Å². The molecule has 3 nitrogen and oxygen atoms in total. The van der Waals surface area contributed by atoms with Crippen molar-refractivity contribution < 1.29 is 4.79 Å². The van der Waals surface area contributed by atoms with Crippen molar-refractivity contribution in [1.82, 2.24) is 4.98 Å². The monoisotopic (exact) mass is 314 g/mol. The van der Waals surface area contributed by atoms with Gasteiger partial charge in [-0.25, -0.2) is 4.98 Å². The predicted octanol–water partition coefficient (Wildman–Crippen LogP) is 4.71. The molecule has 0 unspecified atom stereocenters. The molecule has 1 aromatic heterocycles. The van der Waals surface area contributed by atoms with Crippen LogP contribution in [0.5, 0.6) is 0 Å². The second kappa shape index (κ2) is 6.44. The second-order valence-electron chi connectivity index (χ2n) is 6.36. The van der Waals surface area contributed by atoms with E-state index in [9.17, 15) is 4.79 Å². The summed E-state index contributed by atoms with van der Waals surface area (Å²) < 4.78 is 0. The largest absolute Gasteiger partial charge is 0.298 e. The SMILES string of the molecule is Cc1nc(NC(=O)/C=C/c2ccc(C(C)(C)C)cc2)sc1C. The number of hydrogen-bond donors (Lipinski definition) is 1. The Kier molecular flexibility index (Phi) is 4.81. The van der Waals surface area contributed by atoms with Crippen LogP contribution >= 0.6 is 11.3 Å². The van der Waals surface area contributed by atoms with E-state index in [-0.39, 0.29) is 11.3 Å². The van der Waals surface area contributed by atoms with Crippen LogP contribution in [-0.2, 0) is 10.2 Å². The number of rotatable bonds is 3. The van der Waals surface area contributed by atoms with Crippen molar-refractivity contribution >= 4 is 28.5 Å². The van der Waals surface area contributed by atoms with Crippen LogP contribution in [0.1, 0.15) is 42.5 Å². The summed E-state index contributed by atoms with van der Waals surface area (Å²) in [5.74, 6) is -0.159. The highest BCUT2D eigenvalue weighted by Gasteiger charge is 2.12. The molecule has 0 atom stereocenters. The van der Waals surface area contributed by atoms with Gasteiger partial charge in [0.1, 0.15) is 0 Å². The Morgan fingerprint density at radius 3 is 2.32 bits per heavy atom. The normalized spacial score (nSPS) is 11.9. The third-order valence-corrected chi connectivity index (χ3v) is 4.45. The zero-order chi connectivity index (χ0) is 16.3. The van der Waals surface area contributed by atoms with Gasteiger partial charge < -0.3 is 0 Å². The van der Waals surface area contributed by atoms with E-state index in [1.54, 1.807) is 0 Å². The number of nitrogens with zero attached hydrogens (tertiary/aromatic N) is 1. The van der Waals surface area contributed by atoms with E-state index < -0.39 is 0 Å². The first-order valence-electron chi connectivity index (χ1n) is 7.29. The lowest BCUT2D eigenvalue weighted by Gasteiger charge is -2.18. The Balaban J connectivity index is 2.00. The van der Waals surface area contributed by atoms with Crippen LogP contribution in [0.2, 0.25) is 0 Å². The van der Waals surface area contributed by atoms with E-state index in [1.165, 1.54) is 23.0 Å². The summed E-state index contributed by atoms with van der Waals surface area (Å²) in [5.41, 5.74) is 3.39. The maximum Gasteiger partial charge on any atom is 0.250 e. The predicted molar refractivity (Wildman–Crippen MR) is 94.4 cm³/mol. The molecule has 116 valence electrons. The number of aryl methyl sites for hydroxylation is 2. The maximum absolute atomic E-state index is 11.9. The minimum Gasteiger partial charge on any atom is -0.298 e. The molecule has 4 heteroatoms. The van der Waals surface area contributed by atoms with Gasteiger partial charge in [0.2, 0.25) is 5.91 Å². The Hall–Kier alpha value is -1.94. The highest BCUT2D eigenvalue weighted by Crippen LogP contribution is 2.23. The van der Waals surface area contributed by atoms with E-state index >= 15 is 0 Å². The van der Waals surface area contributed by atoms with Crippen LogP contribution in [-0.4, -0.2) is 10.9 Å². The van der Waals surface area contributed by atoms with Crippen molar-refractivity contribution in [3.8, 4) is 0 Å². The molecule has 0 aliphatic carbocycles. The van der Waals surface area contributed by atoms with Gasteiger partial charge in [-0.1, -0.05) is 45.0 Å². The molecule has 2 rings (SSSR count). The van der Waals surface area contributed by atoms with Gasteiger partial charge in [0.15, 0.2) is 5.13 Å². The lowest BCUT2D eigenvalue weighted by Crippen LogP contribution is -2.10. The number of aromatic nitrogens is 1. The first-order valence-corrected chi connectivity index (χ1v) is 8.11. The Morgan fingerprint density at radius 2 is 1.82 bits per heavy atom. The standard InChI is InChI=1S/C18H22N2OS/c1-12-13(2)22-17(19-12)20-16(21)11-8-14-6-9-15(10-7-14)18(3,4)5/h6-11H,1-5H3,(H,19,20,21)/b11-8+. The van der Waals surface area contributed by atoms with E-state index in [2.05, 4.69) is 43.2 Å². The number of carbonyl (C=O) groups excluding carboxylic acids is 1. The smallest absolute Gasteiger partial charge is 0.250 e. The molecule has 0 aliphatic heterocycles. The van der Waals surface area contributed by atoms with Gasteiger partial charge in [-0.15, -0.1) is 11.3 Å². The summed E-state index contributed by atoms with van der Waals surface area (Å²) >= 11 is 1.49. The summed E-state index contributed by atoms with van der Waals surface area (Å²) in [6.07, 6.45) is 3.35. The number of hydrogen-bond acceptors (Lipinski definition) is 3. The molecule has 0 aliphatic rings. The quantitative estimate of drug-likeness (QED) is 0.834. The van der Waals surface area contributed by atoms with Crippen LogP contribution in [0.3, 0.4) is 0 Å². The molecule has 0 saturated carbocycles. The minimum absolute atomic E-state index is 0.139. The molecular formula is C18H22N2OS. The molecule has 22 heavy (non-hydrogen) atoms. The summed E-state index contributed by atoms with van der Waals surface area (Å²) in [6.45, 7) is 10.5. The summed E-state index contributed by atoms with van der Waals surface area (Å²) in [7, 11) is 0. The number of thiazole rings is 1. The lowest BCUT2D eigenvalue weighted by atomic mass is 9.87. The molecule has 1 N–H and O–H groups in total. The topological polar surface area (TPSA) is 42.0 Å². The molecule has 0 fully saturated rings. The van der Waals surface area contributed by atoms with Crippen LogP contribution in [0.25, 0.3) is 6.08 Å². The molecule has 1 amide bonds. The fourth-order valence-corrected chi connectivity index (χ4v) is 2.76. The Labute approximate surface area is 136 Å². The zero-order valence-electron chi connectivity index (χ0n) is 13.7. The number of anilines is 1. The molecular weight excluding hydrogens is 292 g/mol. The van der Waals surface area contributed by atoms with E-state index in [1.807, 2.05) is 32.1 Å². The zero-order valence-corrected chi connectivity index (χ0v) is 14.5. The maximum atomic E-state index is 11.9. The van der Waals surface area contributed by atoms with Crippen molar-refractivity contribution in [3.05, 3.63) is 52.0 Å². The van der Waals surface area contributed by atoms with Gasteiger partial charge in [-0.3, -0.25) is 10.1 Å². The van der Waals surface area contributed by atoms with E-state index in [0.29, 0.717) is 5.13 Å². The summed E-state index contributed by atoms with van der Waals surface area (Å²) in [6, 6.07) is 8.26. The molecule has 0 spiro atoms. The first kappa shape index (κ1) is 16.4. The van der Waals surface area contributed by atoms with Crippen molar-refractivity contribution in [2.75, 3.05) is 5.32 Å². The summed E-state index contributed by atoms with van der Waals surface area (Å²) in [5, 5.41) is 3.44. The average Bonchev–Trinajstić information content (AvgIpc) is 2.74. The number of carbonyl (C=O) groups is 1.